The van der Waals surface area contributed by atoms with Crippen LogP contribution in [-0.2, 0) is 0 Å². The van der Waals surface area contributed by atoms with Crippen LogP contribution in [0.5, 0.6) is 0 Å². The second-order valence-corrected chi connectivity index (χ2v) is 4.88. The summed E-state index contributed by atoms with van der Waals surface area (Å²) in [5.41, 5.74) is 0. The standard InChI is InChI=1S/C12H21NO3/c14-10-7-6-9(11(15)12(10)16)13-8-4-2-1-3-5-8/h6-16H,1-5H2/t9-,10+,11+,12+/m0/s1. The largest absolute Gasteiger partial charge is 0.388 e. The van der Waals surface area contributed by atoms with Gasteiger partial charge in [-0.25, -0.2) is 0 Å². The summed E-state index contributed by atoms with van der Waals surface area (Å²) >= 11 is 0. The molecule has 4 atom stereocenters. The SMILES string of the molecule is O[C@H]1[C@H](O)[C@@H](NC2CCCCC2)C=C[C@H]1O. The van der Waals surface area contributed by atoms with E-state index in [4.69, 9.17) is 0 Å². The first-order valence-corrected chi connectivity index (χ1v) is 6.17. The van der Waals surface area contributed by atoms with E-state index in [1.165, 1.54) is 19.3 Å². The molecule has 0 spiro atoms. The van der Waals surface area contributed by atoms with E-state index in [1.807, 2.05) is 0 Å². The Labute approximate surface area is 96.0 Å². The Hall–Kier alpha value is -0.420. The highest BCUT2D eigenvalue weighted by molar-refractivity contribution is 5.11. The molecule has 2 aliphatic rings. The van der Waals surface area contributed by atoms with E-state index < -0.39 is 18.3 Å². The highest BCUT2D eigenvalue weighted by Gasteiger charge is 2.33. The van der Waals surface area contributed by atoms with E-state index >= 15 is 0 Å². The molecular formula is C12H21NO3. The Morgan fingerprint density at radius 3 is 2.25 bits per heavy atom. The zero-order valence-electron chi connectivity index (χ0n) is 9.42. The molecule has 0 aromatic heterocycles. The summed E-state index contributed by atoms with van der Waals surface area (Å²) in [6.45, 7) is 0. The molecule has 0 saturated heterocycles. The summed E-state index contributed by atoms with van der Waals surface area (Å²) in [6.07, 6.45) is 6.40. The van der Waals surface area contributed by atoms with Crippen LogP contribution in [-0.4, -0.2) is 45.7 Å². The Kier molecular flexibility index (Phi) is 3.97. The fraction of sp³-hybridized carbons (Fsp3) is 0.833. The first-order valence-electron chi connectivity index (χ1n) is 6.17. The highest BCUT2D eigenvalue weighted by atomic mass is 16.4. The molecule has 0 amide bonds. The van der Waals surface area contributed by atoms with Crippen molar-refractivity contribution < 1.29 is 15.3 Å². The van der Waals surface area contributed by atoms with Gasteiger partial charge in [0, 0.05) is 6.04 Å². The maximum Gasteiger partial charge on any atom is 0.111 e. The van der Waals surface area contributed by atoms with E-state index in [1.54, 1.807) is 12.2 Å². The molecule has 2 aliphatic carbocycles. The Bertz CT molecular complexity index is 251. The van der Waals surface area contributed by atoms with E-state index in [0.717, 1.165) is 12.8 Å². The van der Waals surface area contributed by atoms with Crippen LogP contribution in [0.4, 0.5) is 0 Å². The van der Waals surface area contributed by atoms with Crippen molar-refractivity contribution in [3.63, 3.8) is 0 Å². The maximum atomic E-state index is 9.81. The second kappa shape index (κ2) is 5.27. The first-order chi connectivity index (χ1) is 7.68. The van der Waals surface area contributed by atoms with Crippen LogP contribution in [0.25, 0.3) is 0 Å². The molecular weight excluding hydrogens is 206 g/mol. The average molecular weight is 227 g/mol. The summed E-state index contributed by atoms with van der Waals surface area (Å²) < 4.78 is 0. The van der Waals surface area contributed by atoms with Gasteiger partial charge in [0.05, 0.1) is 6.04 Å². The Morgan fingerprint density at radius 1 is 0.875 bits per heavy atom. The van der Waals surface area contributed by atoms with Crippen molar-refractivity contribution in [2.24, 2.45) is 0 Å². The lowest BCUT2D eigenvalue weighted by Crippen LogP contribution is -2.54. The van der Waals surface area contributed by atoms with E-state index in [-0.39, 0.29) is 6.04 Å². The zero-order chi connectivity index (χ0) is 11.5. The number of aliphatic hydroxyl groups excluding tert-OH is 3. The summed E-state index contributed by atoms with van der Waals surface area (Å²) in [7, 11) is 0. The van der Waals surface area contributed by atoms with Gasteiger partial charge in [-0.3, -0.25) is 0 Å². The fourth-order valence-electron chi connectivity index (χ4n) is 2.57. The highest BCUT2D eigenvalue weighted by Crippen LogP contribution is 2.20. The number of hydrogen-bond acceptors (Lipinski definition) is 4. The molecule has 0 aromatic rings. The molecule has 0 unspecified atom stereocenters. The van der Waals surface area contributed by atoms with Crippen LogP contribution >= 0.6 is 0 Å². The molecule has 2 rings (SSSR count). The van der Waals surface area contributed by atoms with Crippen LogP contribution in [0.2, 0.25) is 0 Å². The topological polar surface area (TPSA) is 72.7 Å². The minimum atomic E-state index is -1.08. The van der Waals surface area contributed by atoms with Crippen molar-refractivity contribution >= 4 is 0 Å². The molecule has 1 fully saturated rings. The molecule has 0 aliphatic heterocycles. The third-order valence-corrected chi connectivity index (χ3v) is 3.62. The second-order valence-electron chi connectivity index (χ2n) is 4.88. The van der Waals surface area contributed by atoms with Gasteiger partial charge in [0.15, 0.2) is 0 Å². The summed E-state index contributed by atoms with van der Waals surface area (Å²) in [5.74, 6) is 0. The van der Waals surface area contributed by atoms with Crippen LogP contribution in [0.1, 0.15) is 32.1 Å². The van der Waals surface area contributed by atoms with Crippen LogP contribution in [0.3, 0.4) is 0 Å². The van der Waals surface area contributed by atoms with E-state index in [0.29, 0.717) is 6.04 Å². The molecule has 4 N–H and O–H groups in total. The molecule has 0 aromatic carbocycles. The van der Waals surface area contributed by atoms with Crippen molar-refractivity contribution in [1.82, 2.24) is 5.32 Å². The molecule has 4 nitrogen and oxygen atoms in total. The van der Waals surface area contributed by atoms with Crippen molar-refractivity contribution in [3.05, 3.63) is 12.2 Å². The average Bonchev–Trinajstić information content (AvgIpc) is 2.31. The van der Waals surface area contributed by atoms with Crippen molar-refractivity contribution in [1.29, 1.82) is 0 Å². The minimum Gasteiger partial charge on any atom is -0.388 e. The quantitative estimate of drug-likeness (QED) is 0.498. The normalized spacial score (nSPS) is 41.2. The van der Waals surface area contributed by atoms with Gasteiger partial charge in [-0.1, -0.05) is 31.4 Å². The smallest absolute Gasteiger partial charge is 0.111 e. The van der Waals surface area contributed by atoms with Gasteiger partial charge in [0.1, 0.15) is 18.3 Å². The van der Waals surface area contributed by atoms with Crippen molar-refractivity contribution in [2.75, 3.05) is 0 Å². The number of rotatable bonds is 2. The van der Waals surface area contributed by atoms with Crippen LogP contribution < -0.4 is 5.32 Å². The third kappa shape index (κ3) is 2.63. The molecule has 4 heteroatoms. The zero-order valence-corrected chi connectivity index (χ0v) is 9.42. The van der Waals surface area contributed by atoms with Crippen molar-refractivity contribution in [2.45, 2.75) is 62.5 Å². The number of aliphatic hydroxyl groups is 3. The first kappa shape index (κ1) is 12.0. The fourth-order valence-corrected chi connectivity index (χ4v) is 2.57. The molecule has 16 heavy (non-hydrogen) atoms. The van der Waals surface area contributed by atoms with Crippen molar-refractivity contribution in [3.8, 4) is 0 Å². The van der Waals surface area contributed by atoms with Gasteiger partial charge in [0.2, 0.25) is 0 Å². The molecule has 1 saturated carbocycles. The summed E-state index contributed by atoms with van der Waals surface area (Å²) in [5, 5.41) is 32.1. The predicted molar refractivity (Wildman–Crippen MR) is 61.0 cm³/mol. The Balaban J connectivity index is 1.91. The lowest BCUT2D eigenvalue weighted by Gasteiger charge is -2.35. The van der Waals surface area contributed by atoms with Crippen LogP contribution in [0.15, 0.2) is 12.2 Å². The lowest BCUT2D eigenvalue weighted by atomic mass is 9.90. The van der Waals surface area contributed by atoms with Gasteiger partial charge in [-0.05, 0) is 12.8 Å². The monoisotopic (exact) mass is 227 g/mol. The molecule has 92 valence electrons. The third-order valence-electron chi connectivity index (χ3n) is 3.62. The number of hydrogen-bond donors (Lipinski definition) is 4. The van der Waals surface area contributed by atoms with Gasteiger partial charge < -0.3 is 20.6 Å². The maximum absolute atomic E-state index is 9.81. The number of nitrogens with one attached hydrogen (secondary N) is 1. The summed E-state index contributed by atoms with van der Waals surface area (Å²) in [6, 6.07) is 0.196. The predicted octanol–water partition coefficient (Wildman–Crippen LogP) is -0.0702. The molecule has 0 radical (unpaired) electrons. The van der Waals surface area contributed by atoms with Gasteiger partial charge in [-0.15, -0.1) is 0 Å². The minimum absolute atomic E-state index is 0.235. The lowest BCUT2D eigenvalue weighted by molar-refractivity contribution is -0.0582. The summed E-state index contributed by atoms with van der Waals surface area (Å²) in [4.78, 5) is 0. The van der Waals surface area contributed by atoms with E-state index in [9.17, 15) is 15.3 Å². The Morgan fingerprint density at radius 2 is 1.56 bits per heavy atom. The van der Waals surface area contributed by atoms with Gasteiger partial charge >= 0.3 is 0 Å². The van der Waals surface area contributed by atoms with E-state index in [2.05, 4.69) is 5.32 Å². The van der Waals surface area contributed by atoms with Gasteiger partial charge in [0.25, 0.3) is 0 Å². The molecule has 0 bridgehead atoms. The van der Waals surface area contributed by atoms with Gasteiger partial charge in [-0.2, -0.15) is 0 Å². The molecule has 0 heterocycles. The van der Waals surface area contributed by atoms with Crippen LogP contribution in [0, 0.1) is 0 Å².